The van der Waals surface area contributed by atoms with Crippen molar-refractivity contribution in [2.75, 3.05) is 6.61 Å². The second-order valence-electron chi connectivity index (χ2n) is 5.95. The Balaban J connectivity index is 1.95. The minimum Gasteiger partial charge on any atom is -0.394 e. The van der Waals surface area contributed by atoms with Crippen LogP contribution >= 0.6 is 0 Å². The van der Waals surface area contributed by atoms with Crippen LogP contribution in [0, 0.1) is 0 Å². The number of aliphatic hydroxyl groups is 4. The van der Waals surface area contributed by atoms with Crippen LogP contribution in [0.4, 0.5) is 13.2 Å². The van der Waals surface area contributed by atoms with E-state index in [1.807, 2.05) is 0 Å². The number of benzene rings is 1. The Labute approximate surface area is 144 Å². The fourth-order valence-corrected chi connectivity index (χ4v) is 2.83. The number of halogens is 3. The van der Waals surface area contributed by atoms with Crippen molar-refractivity contribution >= 4 is 11.7 Å². The van der Waals surface area contributed by atoms with E-state index in [1.54, 1.807) is 0 Å². The SMILES string of the molecule is O=C1NC(c2ccc(C(F)(F)F)cc2)=N[C@]12O[C@H](CO)[C@@H](O)[C@H](O)[C@H]2O. The van der Waals surface area contributed by atoms with Gasteiger partial charge in [0.2, 0.25) is 0 Å². The fraction of sp³-hybridized carbons (Fsp3) is 0.467. The molecule has 1 saturated heterocycles. The number of hydrogen-bond donors (Lipinski definition) is 5. The highest BCUT2D eigenvalue weighted by Gasteiger charge is 2.60. The summed E-state index contributed by atoms with van der Waals surface area (Å²) in [5.74, 6) is -1.16. The zero-order valence-electron chi connectivity index (χ0n) is 13.0. The zero-order valence-corrected chi connectivity index (χ0v) is 13.0. The van der Waals surface area contributed by atoms with Gasteiger partial charge in [0, 0.05) is 5.56 Å². The molecule has 0 saturated carbocycles. The number of amides is 1. The van der Waals surface area contributed by atoms with E-state index in [1.165, 1.54) is 0 Å². The largest absolute Gasteiger partial charge is 0.416 e. The van der Waals surface area contributed by atoms with E-state index in [9.17, 15) is 38.4 Å². The Morgan fingerprint density at radius 3 is 2.31 bits per heavy atom. The van der Waals surface area contributed by atoms with Crippen molar-refractivity contribution in [3.05, 3.63) is 35.4 Å². The molecule has 0 unspecified atom stereocenters. The van der Waals surface area contributed by atoms with Gasteiger partial charge in [0.25, 0.3) is 11.6 Å². The van der Waals surface area contributed by atoms with Gasteiger partial charge in [-0.2, -0.15) is 13.2 Å². The molecule has 0 aliphatic carbocycles. The van der Waals surface area contributed by atoms with E-state index in [0.717, 1.165) is 24.3 Å². The molecule has 0 radical (unpaired) electrons. The standard InChI is InChI=1S/C15H15F3N2O6/c16-15(17,18)7-3-1-6(2-4-7)12-19-13(25)14(20-12)11(24)10(23)9(22)8(5-21)26-14/h1-4,8-11,21-24H,5H2,(H,19,20,25)/t8-,9-,10+,11-,14-/m1/s1. The smallest absolute Gasteiger partial charge is 0.394 e. The number of nitrogens with zero attached hydrogens (tertiary/aromatic N) is 1. The summed E-state index contributed by atoms with van der Waals surface area (Å²) in [5.41, 5.74) is -3.11. The molecule has 2 aliphatic heterocycles. The monoisotopic (exact) mass is 376 g/mol. The number of carbonyl (C=O) groups is 1. The number of alkyl halides is 3. The number of carbonyl (C=O) groups excluding carboxylic acids is 1. The third-order valence-electron chi connectivity index (χ3n) is 4.29. The molecule has 26 heavy (non-hydrogen) atoms. The maximum Gasteiger partial charge on any atom is 0.416 e. The summed E-state index contributed by atoms with van der Waals surface area (Å²) >= 11 is 0. The lowest BCUT2D eigenvalue weighted by Crippen LogP contribution is -2.67. The van der Waals surface area contributed by atoms with E-state index in [-0.39, 0.29) is 11.4 Å². The van der Waals surface area contributed by atoms with Crippen molar-refractivity contribution in [3.63, 3.8) is 0 Å². The molecule has 0 bridgehead atoms. The first-order chi connectivity index (χ1) is 12.1. The number of nitrogens with one attached hydrogen (secondary N) is 1. The van der Waals surface area contributed by atoms with Gasteiger partial charge in [-0.1, -0.05) is 12.1 Å². The number of aliphatic hydroxyl groups excluding tert-OH is 4. The molecule has 1 fully saturated rings. The maximum absolute atomic E-state index is 12.6. The molecule has 5 atom stereocenters. The first-order valence-corrected chi connectivity index (χ1v) is 7.52. The third kappa shape index (κ3) is 2.87. The van der Waals surface area contributed by atoms with Crippen molar-refractivity contribution in [1.29, 1.82) is 0 Å². The normalized spacial score (nSPS) is 34.7. The summed E-state index contributed by atoms with van der Waals surface area (Å²) < 4.78 is 43.1. The van der Waals surface area contributed by atoms with Crippen LogP contribution in [-0.2, 0) is 15.7 Å². The van der Waals surface area contributed by atoms with Crippen LogP contribution in [0.5, 0.6) is 0 Å². The molecule has 2 heterocycles. The Bertz CT molecular complexity index is 736. The summed E-state index contributed by atoms with van der Waals surface area (Å²) in [7, 11) is 0. The average molecular weight is 376 g/mol. The number of rotatable bonds is 2. The molecule has 0 aromatic heterocycles. The van der Waals surface area contributed by atoms with Gasteiger partial charge in [-0.25, -0.2) is 4.99 Å². The minimum absolute atomic E-state index is 0.111. The predicted octanol–water partition coefficient (Wildman–Crippen LogP) is -1.25. The van der Waals surface area contributed by atoms with Crippen LogP contribution in [0.25, 0.3) is 0 Å². The second kappa shape index (κ2) is 6.28. The second-order valence-corrected chi connectivity index (χ2v) is 5.95. The van der Waals surface area contributed by atoms with E-state index in [4.69, 9.17) is 4.74 Å². The number of aliphatic imine (C=N–C) groups is 1. The van der Waals surface area contributed by atoms with Gasteiger partial charge in [0.15, 0.2) is 0 Å². The van der Waals surface area contributed by atoms with Gasteiger partial charge in [-0.05, 0) is 12.1 Å². The molecule has 8 nitrogen and oxygen atoms in total. The Hall–Kier alpha value is -2.05. The van der Waals surface area contributed by atoms with Crippen molar-refractivity contribution in [2.45, 2.75) is 36.3 Å². The maximum atomic E-state index is 12.6. The van der Waals surface area contributed by atoms with Gasteiger partial charge in [0.05, 0.1) is 12.2 Å². The number of ether oxygens (including phenoxy) is 1. The summed E-state index contributed by atoms with van der Waals surface area (Å²) in [5, 5.41) is 41.3. The first-order valence-electron chi connectivity index (χ1n) is 7.52. The molecule has 5 N–H and O–H groups in total. The molecule has 1 spiro atoms. The van der Waals surface area contributed by atoms with Crippen molar-refractivity contribution < 1.29 is 43.1 Å². The lowest BCUT2D eigenvalue weighted by molar-refractivity contribution is -0.261. The Kier molecular flexibility index (Phi) is 4.53. The minimum atomic E-state index is -4.53. The Morgan fingerprint density at radius 2 is 1.77 bits per heavy atom. The molecule has 142 valence electrons. The molecule has 1 amide bonds. The van der Waals surface area contributed by atoms with Crippen LogP contribution in [0.15, 0.2) is 29.3 Å². The fourth-order valence-electron chi connectivity index (χ4n) is 2.83. The molecule has 11 heteroatoms. The Morgan fingerprint density at radius 1 is 1.15 bits per heavy atom. The van der Waals surface area contributed by atoms with Gasteiger partial charge in [-0.15, -0.1) is 0 Å². The number of hydrogen-bond acceptors (Lipinski definition) is 7. The third-order valence-corrected chi connectivity index (χ3v) is 4.29. The highest BCUT2D eigenvalue weighted by molar-refractivity contribution is 6.15. The van der Waals surface area contributed by atoms with Crippen LogP contribution in [0.1, 0.15) is 11.1 Å². The quantitative estimate of drug-likeness (QED) is 0.438. The summed E-state index contributed by atoms with van der Waals surface area (Å²) in [6.45, 7) is -0.759. The lowest BCUT2D eigenvalue weighted by atomic mass is 9.91. The summed E-state index contributed by atoms with van der Waals surface area (Å²) in [4.78, 5) is 16.2. The average Bonchev–Trinajstić information content (AvgIpc) is 2.93. The topological polar surface area (TPSA) is 132 Å². The molecule has 2 aliphatic rings. The summed E-state index contributed by atoms with van der Waals surface area (Å²) in [6, 6.07) is 3.74. The zero-order chi connectivity index (χ0) is 19.3. The van der Waals surface area contributed by atoms with Crippen LogP contribution in [0.2, 0.25) is 0 Å². The van der Waals surface area contributed by atoms with Crippen LogP contribution < -0.4 is 5.32 Å². The van der Waals surface area contributed by atoms with Gasteiger partial charge in [-0.3, -0.25) is 4.79 Å². The molecular weight excluding hydrogens is 361 g/mol. The molecule has 3 rings (SSSR count). The predicted molar refractivity (Wildman–Crippen MR) is 78.8 cm³/mol. The lowest BCUT2D eigenvalue weighted by Gasteiger charge is -2.43. The highest BCUT2D eigenvalue weighted by Crippen LogP contribution is 2.35. The van der Waals surface area contributed by atoms with Gasteiger partial charge < -0.3 is 30.5 Å². The molecule has 1 aromatic carbocycles. The molecule has 1 aromatic rings. The van der Waals surface area contributed by atoms with Gasteiger partial charge >= 0.3 is 6.18 Å². The van der Waals surface area contributed by atoms with Crippen LogP contribution in [-0.4, -0.2) is 68.9 Å². The number of amidine groups is 1. The van der Waals surface area contributed by atoms with E-state index in [0.29, 0.717) is 0 Å². The van der Waals surface area contributed by atoms with Crippen molar-refractivity contribution in [1.82, 2.24) is 5.32 Å². The summed E-state index contributed by atoms with van der Waals surface area (Å²) in [6.07, 6.45) is -11.4. The molecular formula is C15H15F3N2O6. The van der Waals surface area contributed by atoms with Crippen LogP contribution in [0.3, 0.4) is 0 Å². The van der Waals surface area contributed by atoms with E-state index in [2.05, 4.69) is 10.3 Å². The van der Waals surface area contributed by atoms with Gasteiger partial charge in [0.1, 0.15) is 30.3 Å². The van der Waals surface area contributed by atoms with Crippen molar-refractivity contribution in [2.24, 2.45) is 4.99 Å². The van der Waals surface area contributed by atoms with Crippen molar-refractivity contribution in [3.8, 4) is 0 Å². The van der Waals surface area contributed by atoms with E-state index >= 15 is 0 Å². The first kappa shape index (κ1) is 18.7. The van der Waals surface area contributed by atoms with E-state index < -0.39 is 54.4 Å². The highest BCUT2D eigenvalue weighted by atomic mass is 19.4.